The highest BCUT2D eigenvalue weighted by Crippen LogP contribution is 2.38. The lowest BCUT2D eigenvalue weighted by molar-refractivity contribution is 0.0495. The van der Waals surface area contributed by atoms with Gasteiger partial charge in [0.2, 0.25) is 0 Å². The van der Waals surface area contributed by atoms with E-state index in [0.717, 1.165) is 48.9 Å². The molecule has 8 nitrogen and oxygen atoms in total. The molecule has 0 radical (unpaired) electrons. The van der Waals surface area contributed by atoms with E-state index in [-0.39, 0.29) is 11.0 Å². The number of amides is 1. The number of nitrogens with one attached hydrogen (secondary N) is 2. The minimum Gasteiger partial charge on any atom is -0.444 e. The van der Waals surface area contributed by atoms with Gasteiger partial charge in [0.05, 0.1) is 20.9 Å². The molecule has 2 N–H and O–H groups in total. The first-order valence-electron chi connectivity index (χ1n) is 14.6. The number of ether oxygens (including phenoxy) is 2. The Morgan fingerprint density at radius 2 is 1.83 bits per heavy atom. The summed E-state index contributed by atoms with van der Waals surface area (Å²) in [7, 11) is -1.24. The number of nitrogens with zero attached hydrogens (tertiary/aromatic N) is 2. The van der Waals surface area contributed by atoms with Gasteiger partial charge in [0, 0.05) is 57.7 Å². The number of aromatic nitrogens is 2. The molecule has 11 heteroatoms. The fraction of sp³-hybridized carbons (Fsp3) is 0.548. The van der Waals surface area contributed by atoms with Crippen LogP contribution in [-0.4, -0.2) is 55.6 Å². The highest BCUT2D eigenvalue weighted by Gasteiger charge is 2.32. The van der Waals surface area contributed by atoms with Gasteiger partial charge in [0.15, 0.2) is 0 Å². The molecule has 1 aliphatic rings. The lowest BCUT2D eigenvalue weighted by Crippen LogP contribution is -2.46. The Kier molecular flexibility index (Phi) is 9.77. The summed E-state index contributed by atoms with van der Waals surface area (Å²) in [6.45, 7) is 17.7. The summed E-state index contributed by atoms with van der Waals surface area (Å²) in [5.74, 6) is 0.764. The van der Waals surface area contributed by atoms with Gasteiger partial charge >= 0.3 is 6.09 Å². The Morgan fingerprint density at radius 1 is 1.14 bits per heavy atom. The van der Waals surface area contributed by atoms with Crippen LogP contribution < -0.4 is 15.8 Å². The number of rotatable bonds is 9. The van der Waals surface area contributed by atoms with Crippen molar-refractivity contribution in [2.24, 2.45) is 5.41 Å². The highest BCUT2D eigenvalue weighted by atomic mass is 35.5. The van der Waals surface area contributed by atoms with Crippen molar-refractivity contribution < 1.29 is 14.3 Å². The second-order valence-electron chi connectivity index (χ2n) is 13.9. The van der Waals surface area contributed by atoms with E-state index < -0.39 is 19.8 Å². The van der Waals surface area contributed by atoms with Crippen LogP contribution in [0.1, 0.15) is 40.5 Å². The van der Waals surface area contributed by atoms with Gasteiger partial charge in [-0.2, -0.15) is 0 Å². The molecule has 0 bridgehead atoms. The summed E-state index contributed by atoms with van der Waals surface area (Å²) in [5, 5.41) is 4.34. The van der Waals surface area contributed by atoms with Gasteiger partial charge in [-0.15, -0.1) is 0 Å². The fourth-order valence-corrected chi connectivity index (χ4v) is 6.27. The van der Waals surface area contributed by atoms with Crippen molar-refractivity contribution in [2.45, 2.75) is 78.6 Å². The molecular formula is C31H44Cl2N4O4Si. The number of aromatic amines is 1. The largest absolute Gasteiger partial charge is 0.444 e. The number of hydrogen-bond acceptors (Lipinski definition) is 5. The normalized spacial score (nSPS) is 15.7. The third kappa shape index (κ3) is 8.12. The Balaban J connectivity index is 1.58. The van der Waals surface area contributed by atoms with Crippen LogP contribution in [0.25, 0.3) is 22.0 Å². The SMILES string of the molecule is CC1(CNC(=O)OC(C)(C)C)CCN(c2cc3c(c(-c4cccc(Cl)c4Cl)cn3COCC[Si](C)(C)C)c(=O)[nH]2)CC1. The molecule has 3 heterocycles. The first-order valence-corrected chi connectivity index (χ1v) is 19.0. The number of anilines is 1. The van der Waals surface area contributed by atoms with Gasteiger partial charge in [-0.1, -0.05) is 61.9 Å². The van der Waals surface area contributed by atoms with E-state index in [9.17, 15) is 9.59 Å². The van der Waals surface area contributed by atoms with E-state index in [1.807, 2.05) is 49.7 Å². The lowest BCUT2D eigenvalue weighted by Gasteiger charge is -2.40. The minimum atomic E-state index is -1.24. The van der Waals surface area contributed by atoms with Crippen LogP contribution >= 0.6 is 23.2 Å². The van der Waals surface area contributed by atoms with Crippen LogP contribution in [0.15, 0.2) is 35.3 Å². The molecule has 2 aromatic heterocycles. The Bertz CT molecular complexity index is 1480. The predicted molar refractivity (Wildman–Crippen MR) is 176 cm³/mol. The molecular weight excluding hydrogens is 591 g/mol. The maximum absolute atomic E-state index is 13.7. The van der Waals surface area contributed by atoms with Crippen LogP contribution in [-0.2, 0) is 16.2 Å². The number of fused-ring (bicyclic) bond motifs is 1. The van der Waals surface area contributed by atoms with E-state index in [1.165, 1.54) is 0 Å². The second-order valence-corrected chi connectivity index (χ2v) is 20.3. The van der Waals surface area contributed by atoms with Crippen LogP contribution in [0.5, 0.6) is 0 Å². The molecule has 0 unspecified atom stereocenters. The molecule has 0 aliphatic carbocycles. The molecule has 0 saturated carbocycles. The van der Waals surface area contributed by atoms with Gasteiger partial charge in [-0.05, 0) is 51.1 Å². The van der Waals surface area contributed by atoms with Crippen LogP contribution in [0.2, 0.25) is 35.7 Å². The van der Waals surface area contributed by atoms with Crippen LogP contribution in [0.4, 0.5) is 10.6 Å². The molecule has 1 aromatic carbocycles. The topological polar surface area (TPSA) is 88.6 Å². The number of hydrogen-bond donors (Lipinski definition) is 2. The number of alkyl carbamates (subject to hydrolysis) is 1. The summed E-state index contributed by atoms with van der Waals surface area (Å²) in [6, 6.07) is 8.54. The number of carbonyl (C=O) groups is 1. The molecule has 1 saturated heterocycles. The number of halogens is 2. The van der Waals surface area contributed by atoms with Gasteiger partial charge < -0.3 is 29.2 Å². The summed E-state index contributed by atoms with van der Waals surface area (Å²) in [6.07, 6.45) is 3.25. The Morgan fingerprint density at radius 3 is 2.48 bits per heavy atom. The first kappa shape index (κ1) is 32.5. The number of pyridine rings is 1. The Labute approximate surface area is 259 Å². The minimum absolute atomic E-state index is 0.0707. The van der Waals surface area contributed by atoms with Crippen molar-refractivity contribution in [2.75, 3.05) is 31.1 Å². The number of piperidine rings is 1. The summed E-state index contributed by atoms with van der Waals surface area (Å²) >= 11 is 12.9. The van der Waals surface area contributed by atoms with Crippen molar-refractivity contribution in [3.05, 3.63) is 50.9 Å². The number of carbonyl (C=O) groups excluding carboxylic acids is 1. The zero-order valence-corrected chi connectivity index (χ0v) is 28.3. The highest BCUT2D eigenvalue weighted by molar-refractivity contribution is 6.76. The third-order valence-electron chi connectivity index (χ3n) is 7.70. The van der Waals surface area contributed by atoms with Crippen molar-refractivity contribution in [1.82, 2.24) is 14.9 Å². The Hall–Kier alpha value is -2.46. The molecule has 0 atom stereocenters. The first-order chi connectivity index (χ1) is 19.6. The average Bonchev–Trinajstić information content (AvgIpc) is 3.25. The van der Waals surface area contributed by atoms with Crippen molar-refractivity contribution in [3.63, 3.8) is 0 Å². The zero-order valence-electron chi connectivity index (χ0n) is 25.8. The summed E-state index contributed by atoms with van der Waals surface area (Å²) < 4.78 is 13.5. The van der Waals surface area contributed by atoms with Crippen molar-refractivity contribution in [3.8, 4) is 11.1 Å². The van der Waals surface area contributed by atoms with Crippen LogP contribution in [0.3, 0.4) is 0 Å². The molecule has 3 aromatic rings. The summed E-state index contributed by atoms with van der Waals surface area (Å²) in [5.41, 5.74) is 1.42. The average molecular weight is 636 g/mol. The molecule has 4 rings (SSSR count). The van der Waals surface area contributed by atoms with Crippen molar-refractivity contribution in [1.29, 1.82) is 0 Å². The summed E-state index contributed by atoms with van der Waals surface area (Å²) in [4.78, 5) is 31.2. The standard InChI is InChI=1S/C31H44Cl2N4O4Si/c1-30(2,3)41-29(39)34-19-31(4)11-13-36(14-12-31)25-17-24-26(28(38)35-25)22(21-9-8-10-23(32)27(21)33)18-37(24)20-40-15-16-42(5,6)7/h8-10,17-18H,11-16,19-20H2,1-7H3,(H,34,39)(H,35,38). The van der Waals surface area contributed by atoms with Crippen molar-refractivity contribution >= 4 is 54.1 Å². The van der Waals surface area contributed by atoms with Gasteiger partial charge in [0.1, 0.15) is 18.1 Å². The fourth-order valence-electron chi connectivity index (χ4n) is 5.11. The molecule has 1 amide bonds. The molecule has 0 spiro atoms. The van der Waals surface area contributed by atoms with E-state index in [4.69, 9.17) is 32.7 Å². The third-order valence-corrected chi connectivity index (χ3v) is 10.2. The van der Waals surface area contributed by atoms with Crippen LogP contribution in [0, 0.1) is 5.41 Å². The van der Waals surface area contributed by atoms with E-state index in [2.05, 4.69) is 41.8 Å². The monoisotopic (exact) mass is 634 g/mol. The van der Waals surface area contributed by atoms with Gasteiger partial charge in [-0.3, -0.25) is 4.79 Å². The van der Waals surface area contributed by atoms with E-state index in [1.54, 1.807) is 6.07 Å². The smallest absolute Gasteiger partial charge is 0.407 e. The van der Waals surface area contributed by atoms with E-state index in [0.29, 0.717) is 40.9 Å². The molecule has 1 fully saturated rings. The van der Waals surface area contributed by atoms with E-state index >= 15 is 0 Å². The maximum Gasteiger partial charge on any atom is 0.407 e. The molecule has 42 heavy (non-hydrogen) atoms. The van der Waals surface area contributed by atoms with Gasteiger partial charge in [-0.25, -0.2) is 4.79 Å². The predicted octanol–water partition coefficient (Wildman–Crippen LogP) is 7.75. The molecule has 1 aliphatic heterocycles. The lowest BCUT2D eigenvalue weighted by atomic mass is 9.80. The number of H-pyrrole nitrogens is 1. The number of benzene rings is 1. The second kappa shape index (κ2) is 12.6. The van der Waals surface area contributed by atoms with Gasteiger partial charge in [0.25, 0.3) is 5.56 Å². The maximum atomic E-state index is 13.7. The quantitative estimate of drug-likeness (QED) is 0.186. The molecule has 230 valence electrons. The zero-order chi connectivity index (χ0) is 30.9.